The van der Waals surface area contributed by atoms with Crippen LogP contribution in [0.1, 0.15) is 11.1 Å². The Morgan fingerprint density at radius 2 is 2.07 bits per heavy atom. The van der Waals surface area contributed by atoms with Crippen molar-refractivity contribution in [2.24, 2.45) is 0 Å². The first-order valence-corrected chi connectivity index (χ1v) is 5.99. The number of benzene rings is 1. The molecule has 0 aromatic heterocycles. The minimum atomic E-state index is -4.39. The third-order valence-electron chi connectivity index (χ3n) is 1.87. The van der Waals surface area contributed by atoms with E-state index in [1.54, 1.807) is 18.2 Å². The van der Waals surface area contributed by atoms with Crippen LogP contribution in [0.4, 0.5) is 3.89 Å². The van der Waals surface area contributed by atoms with Crippen LogP contribution in [-0.2, 0) is 16.6 Å². The minimum absolute atomic E-state index is 0.152. The van der Waals surface area contributed by atoms with Gasteiger partial charge in [0.25, 0.3) is 0 Å². The van der Waals surface area contributed by atoms with Gasteiger partial charge in [0.05, 0.1) is 5.75 Å². The van der Waals surface area contributed by atoms with Crippen LogP contribution in [0.15, 0.2) is 18.2 Å². The van der Waals surface area contributed by atoms with Crippen molar-refractivity contribution < 1.29 is 12.3 Å². The van der Waals surface area contributed by atoms with Crippen molar-refractivity contribution >= 4 is 21.8 Å². The van der Waals surface area contributed by atoms with E-state index in [4.69, 9.17) is 11.6 Å². The predicted octanol–water partition coefficient (Wildman–Crippen LogP) is 2.49. The molecule has 0 aliphatic heterocycles. The van der Waals surface area contributed by atoms with Crippen molar-refractivity contribution in [1.82, 2.24) is 0 Å². The first-order chi connectivity index (χ1) is 6.38. The van der Waals surface area contributed by atoms with Gasteiger partial charge in [-0.15, -0.1) is 3.89 Å². The van der Waals surface area contributed by atoms with Crippen molar-refractivity contribution in [2.45, 2.75) is 13.3 Å². The van der Waals surface area contributed by atoms with Gasteiger partial charge in [-0.3, -0.25) is 0 Å². The quantitative estimate of drug-likeness (QED) is 0.756. The fourth-order valence-electron chi connectivity index (χ4n) is 1.03. The molecule has 0 fully saturated rings. The van der Waals surface area contributed by atoms with Gasteiger partial charge in [-0.25, -0.2) is 0 Å². The highest BCUT2D eigenvalue weighted by molar-refractivity contribution is 7.86. The maximum Gasteiger partial charge on any atom is 0.302 e. The third kappa shape index (κ3) is 3.64. The standard InChI is InChI=1S/C9H10ClFO2S/c1-7-2-3-8(6-9(7)10)4-5-14(11,12)13/h2-3,6H,4-5H2,1H3. The summed E-state index contributed by atoms with van der Waals surface area (Å²) in [6.07, 6.45) is 0.152. The van der Waals surface area contributed by atoms with E-state index < -0.39 is 16.0 Å². The molecule has 2 nitrogen and oxygen atoms in total. The molecule has 0 radical (unpaired) electrons. The zero-order valence-electron chi connectivity index (χ0n) is 7.63. The summed E-state index contributed by atoms with van der Waals surface area (Å²) in [4.78, 5) is 0. The molecule has 0 N–H and O–H groups in total. The van der Waals surface area contributed by atoms with Gasteiger partial charge in [-0.1, -0.05) is 23.7 Å². The van der Waals surface area contributed by atoms with Crippen molar-refractivity contribution in [3.8, 4) is 0 Å². The van der Waals surface area contributed by atoms with Gasteiger partial charge < -0.3 is 0 Å². The Morgan fingerprint density at radius 1 is 1.43 bits per heavy atom. The maximum atomic E-state index is 12.2. The second-order valence-corrected chi connectivity index (χ2v) is 4.97. The molecule has 0 aliphatic rings. The van der Waals surface area contributed by atoms with Crippen LogP contribution in [-0.4, -0.2) is 14.2 Å². The predicted molar refractivity (Wildman–Crippen MR) is 54.8 cm³/mol. The van der Waals surface area contributed by atoms with Gasteiger partial charge in [0.1, 0.15) is 0 Å². The van der Waals surface area contributed by atoms with Gasteiger partial charge in [-0.05, 0) is 30.5 Å². The summed E-state index contributed by atoms with van der Waals surface area (Å²) in [6.45, 7) is 1.85. The zero-order chi connectivity index (χ0) is 10.8. The molecule has 0 saturated carbocycles. The molecule has 1 aromatic carbocycles. The van der Waals surface area contributed by atoms with Crippen LogP contribution in [0.3, 0.4) is 0 Å². The van der Waals surface area contributed by atoms with E-state index in [0.717, 1.165) is 11.1 Å². The average molecular weight is 237 g/mol. The van der Waals surface area contributed by atoms with Crippen molar-refractivity contribution in [3.05, 3.63) is 34.3 Å². The van der Waals surface area contributed by atoms with Crippen molar-refractivity contribution in [2.75, 3.05) is 5.75 Å². The highest BCUT2D eigenvalue weighted by atomic mass is 35.5. The Bertz CT molecular complexity index is 428. The monoisotopic (exact) mass is 236 g/mol. The van der Waals surface area contributed by atoms with E-state index in [9.17, 15) is 12.3 Å². The van der Waals surface area contributed by atoms with E-state index in [-0.39, 0.29) is 6.42 Å². The molecule has 0 heterocycles. The van der Waals surface area contributed by atoms with Gasteiger partial charge >= 0.3 is 10.2 Å². The van der Waals surface area contributed by atoms with Gasteiger partial charge in [-0.2, -0.15) is 8.42 Å². The van der Waals surface area contributed by atoms with Crippen LogP contribution in [0, 0.1) is 6.92 Å². The Kier molecular flexibility index (Phi) is 3.50. The molecule has 14 heavy (non-hydrogen) atoms. The molecular weight excluding hydrogens is 227 g/mol. The Hall–Kier alpha value is -0.610. The molecular formula is C9H10ClFO2S. The summed E-state index contributed by atoms with van der Waals surface area (Å²) in [6, 6.07) is 5.18. The molecule has 0 saturated heterocycles. The Balaban J connectivity index is 2.74. The fraction of sp³-hybridized carbons (Fsp3) is 0.333. The number of hydrogen-bond donors (Lipinski definition) is 0. The molecule has 0 bridgehead atoms. The minimum Gasteiger partial charge on any atom is -0.195 e. The highest BCUT2D eigenvalue weighted by Gasteiger charge is 2.07. The molecule has 5 heteroatoms. The van der Waals surface area contributed by atoms with Crippen LogP contribution < -0.4 is 0 Å². The molecule has 0 atom stereocenters. The van der Waals surface area contributed by atoms with Gasteiger partial charge in [0.2, 0.25) is 0 Å². The highest BCUT2D eigenvalue weighted by Crippen LogP contribution is 2.17. The molecule has 0 amide bonds. The van der Waals surface area contributed by atoms with E-state index in [2.05, 4.69) is 0 Å². The SMILES string of the molecule is Cc1ccc(CCS(=O)(=O)F)cc1Cl. The largest absolute Gasteiger partial charge is 0.302 e. The lowest BCUT2D eigenvalue weighted by atomic mass is 10.1. The van der Waals surface area contributed by atoms with E-state index in [1.807, 2.05) is 6.92 Å². The van der Waals surface area contributed by atoms with Crippen LogP contribution in [0.25, 0.3) is 0 Å². The number of rotatable bonds is 3. The lowest BCUT2D eigenvalue weighted by molar-refractivity contribution is 0.551. The Morgan fingerprint density at radius 3 is 2.57 bits per heavy atom. The molecule has 0 aliphatic carbocycles. The number of halogens is 2. The normalized spacial score (nSPS) is 11.6. The smallest absolute Gasteiger partial charge is 0.195 e. The molecule has 1 rings (SSSR count). The van der Waals surface area contributed by atoms with Gasteiger partial charge in [0.15, 0.2) is 0 Å². The van der Waals surface area contributed by atoms with Gasteiger partial charge in [0, 0.05) is 5.02 Å². The molecule has 0 spiro atoms. The number of hydrogen-bond acceptors (Lipinski definition) is 2. The summed E-state index contributed by atoms with van der Waals surface area (Å²) in [5.74, 6) is -0.494. The summed E-state index contributed by atoms with van der Waals surface area (Å²) >= 11 is 5.82. The topological polar surface area (TPSA) is 34.1 Å². The van der Waals surface area contributed by atoms with Crippen LogP contribution >= 0.6 is 11.6 Å². The third-order valence-corrected chi connectivity index (χ3v) is 2.97. The molecule has 78 valence electrons. The second-order valence-electron chi connectivity index (χ2n) is 3.08. The van der Waals surface area contributed by atoms with E-state index in [1.165, 1.54) is 0 Å². The second kappa shape index (κ2) is 4.28. The first kappa shape index (κ1) is 11.5. The lowest BCUT2D eigenvalue weighted by Crippen LogP contribution is -2.02. The molecule has 0 unspecified atom stereocenters. The Labute approximate surface area is 87.9 Å². The summed E-state index contributed by atoms with van der Waals surface area (Å²) in [5, 5.41) is 0.568. The fourth-order valence-corrected chi connectivity index (χ4v) is 1.71. The first-order valence-electron chi connectivity index (χ1n) is 4.06. The maximum absolute atomic E-state index is 12.2. The van der Waals surface area contributed by atoms with E-state index in [0.29, 0.717) is 5.02 Å². The zero-order valence-corrected chi connectivity index (χ0v) is 9.20. The van der Waals surface area contributed by atoms with Crippen molar-refractivity contribution in [3.63, 3.8) is 0 Å². The average Bonchev–Trinajstić information content (AvgIpc) is 2.06. The summed E-state index contributed by atoms with van der Waals surface area (Å²) < 4.78 is 32.7. The van der Waals surface area contributed by atoms with Crippen LogP contribution in [0.2, 0.25) is 5.02 Å². The number of aryl methyl sites for hydroxylation is 2. The summed E-state index contributed by atoms with van der Waals surface area (Å²) in [5.41, 5.74) is 1.64. The molecule has 1 aromatic rings. The van der Waals surface area contributed by atoms with E-state index >= 15 is 0 Å². The summed E-state index contributed by atoms with van der Waals surface area (Å²) in [7, 11) is -4.39. The van der Waals surface area contributed by atoms with Crippen molar-refractivity contribution in [1.29, 1.82) is 0 Å². The lowest BCUT2D eigenvalue weighted by Gasteiger charge is -2.01. The van der Waals surface area contributed by atoms with Crippen LogP contribution in [0.5, 0.6) is 0 Å².